The number of hydrogen-bond donors (Lipinski definition) is 0. The molecule has 6 nitrogen and oxygen atoms in total. The third-order valence-electron chi connectivity index (χ3n) is 4.79. The van der Waals surface area contributed by atoms with Gasteiger partial charge in [-0.25, -0.2) is 9.67 Å². The minimum atomic E-state index is -0.276. The number of para-hydroxylation sites is 1. The Morgan fingerprint density at radius 3 is 2.45 bits per heavy atom. The summed E-state index contributed by atoms with van der Waals surface area (Å²) in [6, 6.07) is 17.1. The van der Waals surface area contributed by atoms with Gasteiger partial charge in [-0.15, -0.1) is 0 Å². The highest BCUT2D eigenvalue weighted by Crippen LogP contribution is 2.14. The average Bonchev–Trinajstić information content (AvgIpc) is 3.16. The zero-order chi connectivity index (χ0) is 20.4. The van der Waals surface area contributed by atoms with Crippen LogP contribution in [-0.4, -0.2) is 25.1 Å². The number of rotatable bonds is 6. The van der Waals surface area contributed by atoms with Crippen molar-refractivity contribution < 1.29 is 4.79 Å². The van der Waals surface area contributed by atoms with E-state index in [1.807, 2.05) is 54.6 Å². The molecule has 29 heavy (non-hydrogen) atoms. The van der Waals surface area contributed by atoms with Crippen LogP contribution in [0.4, 0.5) is 0 Å². The zero-order valence-corrected chi connectivity index (χ0v) is 16.4. The fourth-order valence-electron chi connectivity index (χ4n) is 3.36. The molecular formula is C23H22N4O2. The molecule has 2 aromatic carbocycles. The van der Waals surface area contributed by atoms with Crippen LogP contribution in [0.3, 0.4) is 0 Å². The Bertz CT molecular complexity index is 1210. The Labute approximate surface area is 168 Å². The molecule has 4 rings (SSSR count). The molecule has 4 aromatic rings. The topological polar surface area (TPSA) is 69.8 Å². The van der Waals surface area contributed by atoms with Crippen LogP contribution in [0, 0.1) is 5.92 Å². The van der Waals surface area contributed by atoms with Crippen molar-refractivity contribution in [3.05, 3.63) is 88.6 Å². The monoisotopic (exact) mass is 386 g/mol. The summed E-state index contributed by atoms with van der Waals surface area (Å²) in [5.74, 6) is 0.435. The molecule has 2 aromatic heterocycles. The van der Waals surface area contributed by atoms with E-state index in [1.165, 1.54) is 22.7 Å². The summed E-state index contributed by atoms with van der Waals surface area (Å²) >= 11 is 0. The molecule has 0 fully saturated rings. The number of carbonyl (C=O) groups excluding carboxylic acids is 1. The van der Waals surface area contributed by atoms with Crippen molar-refractivity contribution in [1.82, 2.24) is 19.3 Å². The van der Waals surface area contributed by atoms with Gasteiger partial charge in [0.15, 0.2) is 11.4 Å². The number of benzene rings is 2. The summed E-state index contributed by atoms with van der Waals surface area (Å²) in [4.78, 5) is 29.9. The maximum absolute atomic E-state index is 12.8. The van der Waals surface area contributed by atoms with Crippen LogP contribution < -0.4 is 5.56 Å². The van der Waals surface area contributed by atoms with Gasteiger partial charge in [0.1, 0.15) is 11.7 Å². The Balaban J connectivity index is 1.59. The molecule has 0 aliphatic rings. The molecule has 0 spiro atoms. The summed E-state index contributed by atoms with van der Waals surface area (Å²) in [6.45, 7) is 4.27. The highest BCUT2D eigenvalue weighted by Gasteiger charge is 2.14. The molecule has 0 aliphatic carbocycles. The molecule has 6 heteroatoms. The molecule has 0 N–H and O–H groups in total. The van der Waals surface area contributed by atoms with Gasteiger partial charge in [-0.1, -0.05) is 56.3 Å². The van der Waals surface area contributed by atoms with E-state index >= 15 is 0 Å². The largest absolute Gasteiger partial charge is 0.292 e. The predicted octanol–water partition coefficient (Wildman–Crippen LogP) is 3.66. The van der Waals surface area contributed by atoms with E-state index in [0.29, 0.717) is 22.5 Å². The van der Waals surface area contributed by atoms with Gasteiger partial charge in [-0.05, 0) is 30.0 Å². The maximum atomic E-state index is 12.8. The van der Waals surface area contributed by atoms with Crippen molar-refractivity contribution in [3.8, 4) is 5.69 Å². The second kappa shape index (κ2) is 7.83. The van der Waals surface area contributed by atoms with Gasteiger partial charge in [0.05, 0.1) is 18.4 Å². The summed E-state index contributed by atoms with van der Waals surface area (Å²) in [6.07, 6.45) is 3.89. The molecule has 0 saturated heterocycles. The molecule has 2 heterocycles. The number of hydrogen-bond acceptors (Lipinski definition) is 4. The third kappa shape index (κ3) is 3.87. The van der Waals surface area contributed by atoms with Gasteiger partial charge < -0.3 is 0 Å². The molecule has 0 amide bonds. The number of Topliss-reactive ketones (excluding diaryl/α,β-unsaturated/α-hetero) is 1. The van der Waals surface area contributed by atoms with Crippen molar-refractivity contribution >= 4 is 16.8 Å². The van der Waals surface area contributed by atoms with Gasteiger partial charge in [0, 0.05) is 5.56 Å². The molecule has 0 bridgehead atoms. The standard InChI is InChI=1S/C23H22N4O2/c1-16(2)12-17-8-10-18(11-9-17)21(28)14-26-15-24-22-20(23(26)29)13-25-27(22)19-6-4-3-5-7-19/h3-11,13,15-16H,12,14H2,1-2H3. The normalized spacial score (nSPS) is 11.3. The molecular weight excluding hydrogens is 364 g/mol. The lowest BCUT2D eigenvalue weighted by molar-refractivity contribution is 0.0970. The third-order valence-corrected chi connectivity index (χ3v) is 4.79. The lowest BCUT2D eigenvalue weighted by atomic mass is 10.0. The van der Waals surface area contributed by atoms with E-state index in [4.69, 9.17) is 0 Å². The number of aromatic nitrogens is 4. The highest BCUT2D eigenvalue weighted by atomic mass is 16.1. The Morgan fingerprint density at radius 2 is 1.76 bits per heavy atom. The van der Waals surface area contributed by atoms with Crippen LogP contribution in [0.15, 0.2) is 71.9 Å². The average molecular weight is 386 g/mol. The van der Waals surface area contributed by atoms with Crippen LogP contribution in [-0.2, 0) is 13.0 Å². The minimum Gasteiger partial charge on any atom is -0.292 e. The van der Waals surface area contributed by atoms with Crippen molar-refractivity contribution in [2.24, 2.45) is 5.92 Å². The second-order valence-corrected chi connectivity index (χ2v) is 7.52. The second-order valence-electron chi connectivity index (χ2n) is 7.52. The number of nitrogens with zero attached hydrogens (tertiary/aromatic N) is 4. The van der Waals surface area contributed by atoms with Crippen LogP contribution in [0.1, 0.15) is 29.8 Å². The summed E-state index contributed by atoms with van der Waals surface area (Å²) < 4.78 is 2.96. The van der Waals surface area contributed by atoms with E-state index in [2.05, 4.69) is 23.9 Å². The lowest BCUT2D eigenvalue weighted by Crippen LogP contribution is -2.24. The first kappa shape index (κ1) is 18.8. The number of ketones is 1. The van der Waals surface area contributed by atoms with Gasteiger partial charge in [0.25, 0.3) is 5.56 Å². The molecule has 0 unspecified atom stereocenters. The number of fused-ring (bicyclic) bond motifs is 1. The first-order valence-corrected chi connectivity index (χ1v) is 9.63. The lowest BCUT2D eigenvalue weighted by Gasteiger charge is -2.08. The predicted molar refractivity (Wildman–Crippen MR) is 112 cm³/mol. The van der Waals surface area contributed by atoms with E-state index in [9.17, 15) is 9.59 Å². The Morgan fingerprint density at radius 1 is 1.03 bits per heavy atom. The van der Waals surface area contributed by atoms with Crippen molar-refractivity contribution in [2.45, 2.75) is 26.8 Å². The zero-order valence-electron chi connectivity index (χ0n) is 16.4. The fraction of sp³-hybridized carbons (Fsp3) is 0.217. The van der Waals surface area contributed by atoms with E-state index in [0.717, 1.165) is 12.1 Å². The first-order valence-electron chi connectivity index (χ1n) is 9.63. The van der Waals surface area contributed by atoms with Crippen LogP contribution in [0.25, 0.3) is 16.7 Å². The quantitative estimate of drug-likeness (QED) is 0.474. The molecule has 0 aliphatic heterocycles. The van der Waals surface area contributed by atoms with E-state index in [1.54, 1.807) is 4.68 Å². The SMILES string of the molecule is CC(C)Cc1ccc(C(=O)Cn2cnc3c(cnn3-c3ccccc3)c2=O)cc1. The Hall–Kier alpha value is -3.54. The molecule has 0 atom stereocenters. The summed E-state index contributed by atoms with van der Waals surface area (Å²) in [7, 11) is 0. The van der Waals surface area contributed by atoms with Gasteiger partial charge >= 0.3 is 0 Å². The van der Waals surface area contributed by atoms with Crippen LogP contribution in [0.5, 0.6) is 0 Å². The van der Waals surface area contributed by atoms with Crippen LogP contribution >= 0.6 is 0 Å². The van der Waals surface area contributed by atoms with Crippen molar-refractivity contribution in [3.63, 3.8) is 0 Å². The Kier molecular flexibility index (Phi) is 5.08. The van der Waals surface area contributed by atoms with Gasteiger partial charge in [-0.2, -0.15) is 5.10 Å². The van der Waals surface area contributed by atoms with Crippen molar-refractivity contribution in [2.75, 3.05) is 0 Å². The fourth-order valence-corrected chi connectivity index (χ4v) is 3.36. The van der Waals surface area contributed by atoms with Gasteiger partial charge in [-0.3, -0.25) is 14.2 Å². The number of carbonyl (C=O) groups is 1. The maximum Gasteiger partial charge on any atom is 0.264 e. The highest BCUT2D eigenvalue weighted by molar-refractivity contribution is 5.96. The smallest absolute Gasteiger partial charge is 0.264 e. The molecule has 146 valence electrons. The van der Waals surface area contributed by atoms with E-state index in [-0.39, 0.29) is 17.9 Å². The summed E-state index contributed by atoms with van der Waals surface area (Å²) in [5, 5.41) is 4.68. The minimum absolute atomic E-state index is 0.0538. The van der Waals surface area contributed by atoms with Crippen LogP contribution in [0.2, 0.25) is 0 Å². The first-order chi connectivity index (χ1) is 14.0. The van der Waals surface area contributed by atoms with E-state index < -0.39 is 0 Å². The molecule has 0 saturated carbocycles. The summed E-state index contributed by atoms with van der Waals surface area (Å²) in [5.41, 5.74) is 2.81. The van der Waals surface area contributed by atoms with Gasteiger partial charge in [0.2, 0.25) is 0 Å². The van der Waals surface area contributed by atoms with Crippen molar-refractivity contribution in [1.29, 1.82) is 0 Å². The molecule has 0 radical (unpaired) electrons.